The maximum atomic E-state index is 2.40. The molecule has 0 unspecified atom stereocenters. The van der Waals surface area contributed by atoms with E-state index in [2.05, 4.69) is 126 Å². The van der Waals surface area contributed by atoms with Crippen molar-refractivity contribution in [2.45, 2.75) is 6.92 Å². The van der Waals surface area contributed by atoms with Crippen LogP contribution in [0.3, 0.4) is 0 Å². The third-order valence-electron chi connectivity index (χ3n) is 6.37. The molecule has 148 valence electrons. The van der Waals surface area contributed by atoms with Gasteiger partial charge in [-0.3, -0.25) is 0 Å². The summed E-state index contributed by atoms with van der Waals surface area (Å²) in [6, 6.07) is 37.1. The molecule has 6 rings (SSSR count). The van der Waals surface area contributed by atoms with Crippen LogP contribution in [0.2, 0.25) is 0 Å². The van der Waals surface area contributed by atoms with Gasteiger partial charge in [0.2, 0.25) is 0 Å². The zero-order chi connectivity index (χ0) is 20.9. The van der Waals surface area contributed by atoms with Crippen LogP contribution >= 0.6 is 0 Å². The van der Waals surface area contributed by atoms with Crippen molar-refractivity contribution in [3.63, 3.8) is 0 Å². The highest BCUT2D eigenvalue weighted by atomic mass is 15.1. The maximum Gasteiger partial charge on any atom is 0.295 e. The van der Waals surface area contributed by atoms with Crippen LogP contribution in [0.15, 0.2) is 103 Å². The van der Waals surface area contributed by atoms with Crippen LogP contribution in [0.1, 0.15) is 5.56 Å². The summed E-state index contributed by atoms with van der Waals surface area (Å²) in [5.74, 6) is 0. The third-order valence-corrected chi connectivity index (χ3v) is 6.37. The number of para-hydroxylation sites is 1. The summed E-state index contributed by atoms with van der Waals surface area (Å²) in [5.41, 5.74) is 7.38. The van der Waals surface area contributed by atoms with Crippen molar-refractivity contribution in [2.75, 3.05) is 0 Å². The fourth-order valence-electron chi connectivity index (χ4n) is 4.84. The minimum atomic E-state index is 1.18. The van der Waals surface area contributed by atoms with Gasteiger partial charge < -0.3 is 0 Å². The lowest BCUT2D eigenvalue weighted by Gasteiger charge is -2.09. The van der Waals surface area contributed by atoms with Gasteiger partial charge in [0.25, 0.3) is 5.65 Å². The Morgan fingerprint density at radius 1 is 0.645 bits per heavy atom. The van der Waals surface area contributed by atoms with E-state index in [0.29, 0.717) is 0 Å². The molecule has 0 atom stereocenters. The minimum absolute atomic E-state index is 1.18. The molecule has 2 nitrogen and oxygen atoms in total. The van der Waals surface area contributed by atoms with Crippen LogP contribution in [0.25, 0.3) is 49.7 Å². The van der Waals surface area contributed by atoms with E-state index in [0.717, 1.165) is 0 Å². The van der Waals surface area contributed by atoms with E-state index in [1.165, 1.54) is 55.2 Å². The molecule has 0 aliphatic rings. The van der Waals surface area contributed by atoms with Gasteiger partial charge in [-0.25, -0.2) is 4.57 Å². The average Bonchev–Trinajstić information content (AvgIpc) is 3.13. The average molecular weight is 400 g/mol. The summed E-state index contributed by atoms with van der Waals surface area (Å²) in [4.78, 5) is 0. The quantitative estimate of drug-likeness (QED) is 0.285. The molecule has 0 amide bonds. The SMILES string of the molecule is Cc1ccccc1-c1ccc2c3cc4ccccc4cc3n(-c3ccccc3)c2[n+]1C. The van der Waals surface area contributed by atoms with Crippen LogP contribution < -0.4 is 4.57 Å². The standard InChI is InChI=1S/C29H23N2/c1-20-10-6-9-15-24(20)27-17-16-25-26-18-21-11-7-8-12-22(21)19-28(26)31(29(25)30(27)2)23-13-4-3-5-14-23/h3-19H,1-2H3/q+1. The first-order chi connectivity index (χ1) is 15.2. The van der Waals surface area contributed by atoms with Crippen LogP contribution in [0, 0.1) is 6.92 Å². The number of nitrogens with zero attached hydrogens (tertiary/aromatic N) is 2. The Kier molecular flexibility index (Phi) is 3.94. The van der Waals surface area contributed by atoms with Crippen LogP contribution in [-0.2, 0) is 7.05 Å². The molecule has 0 spiro atoms. The van der Waals surface area contributed by atoms with E-state index >= 15 is 0 Å². The lowest BCUT2D eigenvalue weighted by atomic mass is 10.0. The summed E-state index contributed by atoms with van der Waals surface area (Å²) in [6.07, 6.45) is 0. The molecule has 0 N–H and O–H groups in total. The summed E-state index contributed by atoms with van der Waals surface area (Å²) in [6.45, 7) is 2.18. The molecular weight excluding hydrogens is 376 g/mol. The fraction of sp³-hybridized carbons (Fsp3) is 0.0690. The van der Waals surface area contributed by atoms with Crippen molar-refractivity contribution in [3.05, 3.63) is 109 Å². The minimum Gasteiger partial charge on any atom is -0.229 e. The largest absolute Gasteiger partial charge is 0.295 e. The Hall–Kier alpha value is -3.91. The monoisotopic (exact) mass is 399 g/mol. The molecule has 0 saturated heterocycles. The number of rotatable bonds is 2. The van der Waals surface area contributed by atoms with Gasteiger partial charge in [-0.1, -0.05) is 66.7 Å². The zero-order valence-electron chi connectivity index (χ0n) is 17.7. The molecule has 0 saturated carbocycles. The Morgan fingerprint density at radius 3 is 2.10 bits per heavy atom. The number of benzene rings is 4. The second-order valence-corrected chi connectivity index (χ2v) is 8.22. The zero-order valence-corrected chi connectivity index (χ0v) is 17.7. The molecule has 0 fully saturated rings. The number of fused-ring (bicyclic) bond motifs is 4. The van der Waals surface area contributed by atoms with Gasteiger partial charge in [-0.15, -0.1) is 0 Å². The predicted molar refractivity (Wildman–Crippen MR) is 130 cm³/mol. The Morgan fingerprint density at radius 2 is 1.32 bits per heavy atom. The van der Waals surface area contributed by atoms with Crippen molar-refractivity contribution >= 4 is 32.7 Å². The number of aryl methyl sites for hydroxylation is 2. The third kappa shape index (κ3) is 2.69. The lowest BCUT2D eigenvalue weighted by Crippen LogP contribution is -2.34. The summed E-state index contributed by atoms with van der Waals surface area (Å²) in [7, 11) is 2.18. The predicted octanol–water partition coefficient (Wildman–Crippen LogP) is 6.74. The second kappa shape index (κ2) is 6.82. The van der Waals surface area contributed by atoms with E-state index in [-0.39, 0.29) is 0 Å². The van der Waals surface area contributed by atoms with Crippen molar-refractivity contribution in [1.82, 2.24) is 4.57 Å². The molecule has 2 heteroatoms. The van der Waals surface area contributed by atoms with Gasteiger partial charge in [0.05, 0.1) is 12.4 Å². The Labute approximate surface area is 181 Å². The lowest BCUT2D eigenvalue weighted by molar-refractivity contribution is -0.636. The normalized spacial score (nSPS) is 11.5. The molecule has 2 aromatic heterocycles. The number of hydrogen-bond donors (Lipinski definition) is 0. The van der Waals surface area contributed by atoms with Crippen molar-refractivity contribution in [2.24, 2.45) is 7.05 Å². The molecule has 6 aromatic rings. The van der Waals surface area contributed by atoms with Gasteiger partial charge in [-0.2, -0.15) is 4.57 Å². The summed E-state index contributed by atoms with van der Waals surface area (Å²) >= 11 is 0. The van der Waals surface area contributed by atoms with Crippen LogP contribution in [0.5, 0.6) is 0 Å². The van der Waals surface area contributed by atoms with E-state index in [4.69, 9.17) is 0 Å². The number of hydrogen-bond acceptors (Lipinski definition) is 0. The molecular formula is C29H23N2+. The first-order valence-electron chi connectivity index (χ1n) is 10.7. The van der Waals surface area contributed by atoms with Gasteiger partial charge >= 0.3 is 0 Å². The van der Waals surface area contributed by atoms with E-state index in [1.54, 1.807) is 0 Å². The Balaban J connectivity index is 1.80. The highest BCUT2D eigenvalue weighted by molar-refractivity contribution is 6.12. The highest BCUT2D eigenvalue weighted by Gasteiger charge is 2.24. The molecule has 0 aliphatic heterocycles. The first-order valence-corrected chi connectivity index (χ1v) is 10.7. The van der Waals surface area contributed by atoms with E-state index in [9.17, 15) is 0 Å². The molecule has 0 radical (unpaired) electrons. The molecule has 2 heterocycles. The van der Waals surface area contributed by atoms with Crippen LogP contribution in [-0.4, -0.2) is 4.57 Å². The second-order valence-electron chi connectivity index (χ2n) is 8.22. The molecule has 4 aromatic carbocycles. The maximum absolute atomic E-state index is 2.40. The Bertz CT molecular complexity index is 1590. The summed E-state index contributed by atoms with van der Waals surface area (Å²) < 4.78 is 4.74. The van der Waals surface area contributed by atoms with E-state index in [1.807, 2.05) is 0 Å². The molecule has 0 bridgehead atoms. The van der Waals surface area contributed by atoms with Crippen molar-refractivity contribution in [1.29, 1.82) is 0 Å². The van der Waals surface area contributed by atoms with Gasteiger partial charge in [0, 0.05) is 10.9 Å². The van der Waals surface area contributed by atoms with Gasteiger partial charge in [-0.05, 0) is 59.7 Å². The summed E-state index contributed by atoms with van der Waals surface area (Å²) in [5, 5.41) is 5.08. The van der Waals surface area contributed by atoms with Crippen molar-refractivity contribution < 1.29 is 4.57 Å². The van der Waals surface area contributed by atoms with Gasteiger partial charge in [0.1, 0.15) is 16.9 Å². The fourth-order valence-corrected chi connectivity index (χ4v) is 4.84. The molecule has 31 heavy (non-hydrogen) atoms. The smallest absolute Gasteiger partial charge is 0.229 e. The van der Waals surface area contributed by atoms with E-state index < -0.39 is 0 Å². The number of pyridine rings is 1. The molecule has 0 aliphatic carbocycles. The number of aromatic nitrogens is 2. The topological polar surface area (TPSA) is 8.81 Å². The first kappa shape index (κ1) is 17.9. The van der Waals surface area contributed by atoms with Crippen LogP contribution in [0.4, 0.5) is 0 Å². The highest BCUT2D eigenvalue weighted by Crippen LogP contribution is 2.34. The van der Waals surface area contributed by atoms with Gasteiger partial charge in [0.15, 0.2) is 0 Å². The van der Waals surface area contributed by atoms with Crippen molar-refractivity contribution in [3.8, 4) is 16.9 Å².